The maximum atomic E-state index is 13.3. The van der Waals surface area contributed by atoms with E-state index in [1.54, 1.807) is 67.6 Å². The first-order valence-corrected chi connectivity index (χ1v) is 9.98. The van der Waals surface area contributed by atoms with Crippen LogP contribution >= 0.6 is 0 Å². The van der Waals surface area contributed by atoms with Crippen LogP contribution in [0.3, 0.4) is 0 Å². The van der Waals surface area contributed by atoms with Gasteiger partial charge in [0.15, 0.2) is 23.1 Å². The van der Waals surface area contributed by atoms with Gasteiger partial charge >= 0.3 is 5.97 Å². The summed E-state index contributed by atoms with van der Waals surface area (Å²) in [7, 11) is 0. The highest BCUT2D eigenvalue weighted by Crippen LogP contribution is 2.50. The summed E-state index contributed by atoms with van der Waals surface area (Å²) >= 11 is 0. The molecule has 3 aromatic rings. The Morgan fingerprint density at radius 1 is 0.839 bits per heavy atom. The summed E-state index contributed by atoms with van der Waals surface area (Å²) in [5.41, 5.74) is 1.69. The molecule has 1 atom stereocenters. The molecule has 1 aliphatic carbocycles. The van der Waals surface area contributed by atoms with Crippen molar-refractivity contribution in [1.82, 2.24) is 0 Å². The highest BCUT2D eigenvalue weighted by atomic mass is 16.7. The minimum Gasteiger partial charge on any atom is -0.466 e. The average molecular weight is 414 g/mol. The van der Waals surface area contributed by atoms with E-state index in [1.165, 1.54) is 0 Å². The molecule has 0 spiro atoms. The predicted molar refractivity (Wildman–Crippen MR) is 110 cm³/mol. The minimum atomic E-state index is -1.49. The predicted octanol–water partition coefficient (Wildman–Crippen LogP) is 4.04. The second-order valence-electron chi connectivity index (χ2n) is 7.32. The van der Waals surface area contributed by atoms with Gasteiger partial charge in [-0.15, -0.1) is 0 Å². The lowest BCUT2D eigenvalue weighted by Crippen LogP contribution is -2.38. The van der Waals surface area contributed by atoms with Crippen LogP contribution in [0.4, 0.5) is 0 Å². The van der Waals surface area contributed by atoms with Crippen molar-refractivity contribution in [3.05, 3.63) is 94.5 Å². The molecule has 6 nitrogen and oxygen atoms in total. The quantitative estimate of drug-likeness (QED) is 0.469. The van der Waals surface area contributed by atoms with Crippen molar-refractivity contribution in [3.8, 4) is 11.5 Å². The van der Waals surface area contributed by atoms with Gasteiger partial charge in [0.1, 0.15) is 6.42 Å². The topological polar surface area (TPSA) is 78.9 Å². The van der Waals surface area contributed by atoms with Crippen LogP contribution in [0, 0.1) is 0 Å². The van der Waals surface area contributed by atoms with E-state index < -0.39 is 11.8 Å². The maximum Gasteiger partial charge on any atom is 0.314 e. The third-order valence-corrected chi connectivity index (χ3v) is 5.45. The van der Waals surface area contributed by atoms with Gasteiger partial charge in [-0.1, -0.05) is 54.6 Å². The van der Waals surface area contributed by atoms with Gasteiger partial charge in [0.25, 0.3) is 5.79 Å². The summed E-state index contributed by atoms with van der Waals surface area (Å²) < 4.78 is 17.5. The number of rotatable bonds is 4. The first-order valence-electron chi connectivity index (χ1n) is 9.98. The van der Waals surface area contributed by atoms with Crippen molar-refractivity contribution in [3.63, 3.8) is 0 Å². The average Bonchev–Trinajstić information content (AvgIpc) is 3.17. The molecule has 5 rings (SSSR count). The molecular weight excluding hydrogens is 396 g/mol. The number of hydrogen-bond acceptors (Lipinski definition) is 6. The lowest BCUT2D eigenvalue weighted by atomic mass is 9.83. The van der Waals surface area contributed by atoms with Crippen LogP contribution < -0.4 is 9.47 Å². The second-order valence-corrected chi connectivity index (χ2v) is 7.32. The van der Waals surface area contributed by atoms with Gasteiger partial charge in [0.05, 0.1) is 12.2 Å². The SMILES string of the molecule is CCOC(=O)CC1(c2ccccc2)Oc2ccc3c(c2O1)C(=O)c1ccccc1C3=O. The van der Waals surface area contributed by atoms with Crippen LogP contribution in [0.1, 0.15) is 50.8 Å². The fourth-order valence-electron chi connectivity index (χ4n) is 4.07. The van der Waals surface area contributed by atoms with E-state index in [9.17, 15) is 14.4 Å². The van der Waals surface area contributed by atoms with E-state index in [-0.39, 0.29) is 41.5 Å². The van der Waals surface area contributed by atoms with E-state index in [4.69, 9.17) is 14.2 Å². The number of ketones is 2. The van der Waals surface area contributed by atoms with Crippen LogP contribution in [0.2, 0.25) is 0 Å². The molecule has 0 radical (unpaired) electrons. The zero-order valence-electron chi connectivity index (χ0n) is 16.7. The molecule has 0 saturated carbocycles. The molecule has 1 heterocycles. The minimum absolute atomic E-state index is 0.155. The van der Waals surface area contributed by atoms with E-state index in [0.717, 1.165) is 0 Å². The zero-order chi connectivity index (χ0) is 21.6. The number of carbonyl (C=O) groups is 3. The molecule has 0 aromatic heterocycles. The summed E-state index contributed by atoms with van der Waals surface area (Å²) in [6, 6.07) is 18.9. The molecule has 0 saturated heterocycles. The molecule has 154 valence electrons. The first kappa shape index (κ1) is 19.1. The fourth-order valence-corrected chi connectivity index (χ4v) is 4.07. The van der Waals surface area contributed by atoms with Gasteiger partial charge in [0, 0.05) is 22.3 Å². The Labute approximate surface area is 178 Å². The van der Waals surface area contributed by atoms with Crippen LogP contribution in [0.5, 0.6) is 11.5 Å². The third kappa shape index (κ3) is 2.91. The Kier molecular flexibility index (Phi) is 4.36. The van der Waals surface area contributed by atoms with Crippen LogP contribution in [-0.2, 0) is 15.3 Å². The van der Waals surface area contributed by atoms with Gasteiger partial charge in [-0.3, -0.25) is 14.4 Å². The third-order valence-electron chi connectivity index (χ3n) is 5.45. The largest absolute Gasteiger partial charge is 0.466 e. The van der Waals surface area contributed by atoms with Crippen molar-refractivity contribution < 1.29 is 28.6 Å². The lowest BCUT2D eigenvalue weighted by molar-refractivity contribution is -0.159. The Balaban J connectivity index is 1.64. The summed E-state index contributed by atoms with van der Waals surface area (Å²) in [5.74, 6) is -2.10. The number of esters is 1. The molecule has 1 aliphatic heterocycles. The van der Waals surface area contributed by atoms with Gasteiger partial charge in [-0.2, -0.15) is 0 Å². The molecule has 6 heteroatoms. The highest BCUT2D eigenvalue weighted by molar-refractivity contribution is 6.29. The standard InChI is InChI=1S/C25H18O6/c1-2-29-20(26)14-25(15-8-4-3-5-9-15)30-19-13-12-18-21(24(19)31-25)23(28)17-11-7-6-10-16(17)22(18)27/h3-13H,2,14H2,1H3. The van der Waals surface area contributed by atoms with E-state index in [1.807, 2.05) is 6.07 Å². The highest BCUT2D eigenvalue weighted by Gasteiger charge is 2.49. The molecule has 1 unspecified atom stereocenters. The Hall–Kier alpha value is -3.93. The Bertz CT molecular complexity index is 1230. The Morgan fingerprint density at radius 3 is 2.23 bits per heavy atom. The molecular formula is C25H18O6. The molecule has 2 aliphatic rings. The van der Waals surface area contributed by atoms with Gasteiger partial charge in [0.2, 0.25) is 0 Å². The molecule has 0 bridgehead atoms. The number of ether oxygens (including phenoxy) is 3. The van der Waals surface area contributed by atoms with Crippen LogP contribution in [-0.4, -0.2) is 24.1 Å². The van der Waals surface area contributed by atoms with Crippen LogP contribution in [0.25, 0.3) is 0 Å². The lowest BCUT2D eigenvalue weighted by Gasteiger charge is -2.27. The fraction of sp³-hybridized carbons (Fsp3) is 0.160. The van der Waals surface area contributed by atoms with E-state index in [2.05, 4.69) is 0 Å². The second kappa shape index (κ2) is 7.09. The summed E-state index contributed by atoms with van der Waals surface area (Å²) in [5, 5.41) is 0. The molecule has 0 amide bonds. The molecule has 3 aromatic carbocycles. The van der Waals surface area contributed by atoms with E-state index >= 15 is 0 Å². The zero-order valence-corrected chi connectivity index (χ0v) is 16.7. The first-order chi connectivity index (χ1) is 15.0. The summed E-state index contributed by atoms with van der Waals surface area (Å²) in [6.07, 6.45) is -0.215. The normalized spacial score (nSPS) is 18.4. The van der Waals surface area contributed by atoms with Gasteiger partial charge < -0.3 is 14.2 Å². The Morgan fingerprint density at radius 2 is 1.52 bits per heavy atom. The van der Waals surface area contributed by atoms with Crippen molar-refractivity contribution >= 4 is 17.5 Å². The van der Waals surface area contributed by atoms with Gasteiger partial charge in [-0.05, 0) is 19.1 Å². The van der Waals surface area contributed by atoms with E-state index in [0.29, 0.717) is 22.4 Å². The molecule has 31 heavy (non-hydrogen) atoms. The summed E-state index contributed by atoms with van der Waals surface area (Å²) in [4.78, 5) is 38.7. The van der Waals surface area contributed by atoms with Crippen molar-refractivity contribution in [2.24, 2.45) is 0 Å². The number of carbonyl (C=O) groups excluding carboxylic acids is 3. The monoisotopic (exact) mass is 414 g/mol. The van der Waals surface area contributed by atoms with Crippen LogP contribution in [0.15, 0.2) is 66.7 Å². The number of benzene rings is 3. The van der Waals surface area contributed by atoms with Gasteiger partial charge in [-0.25, -0.2) is 0 Å². The van der Waals surface area contributed by atoms with Crippen molar-refractivity contribution in [1.29, 1.82) is 0 Å². The van der Waals surface area contributed by atoms with Crippen molar-refractivity contribution in [2.45, 2.75) is 19.1 Å². The number of hydrogen-bond donors (Lipinski definition) is 0. The number of fused-ring (bicyclic) bond motifs is 4. The maximum absolute atomic E-state index is 13.3. The smallest absolute Gasteiger partial charge is 0.314 e. The summed E-state index contributed by atoms with van der Waals surface area (Å²) in [6.45, 7) is 1.94. The molecule has 0 fully saturated rings. The van der Waals surface area contributed by atoms with Crippen molar-refractivity contribution in [2.75, 3.05) is 6.61 Å². The molecule has 0 N–H and O–H groups in total.